The number of hydrogen-bond acceptors (Lipinski definition) is 6. The van der Waals surface area contributed by atoms with Gasteiger partial charge in [-0.15, -0.1) is 0 Å². The first-order valence-electron chi connectivity index (χ1n) is 11.2. The predicted molar refractivity (Wildman–Crippen MR) is 129 cm³/mol. The molecule has 2 aromatic carbocycles. The van der Waals surface area contributed by atoms with E-state index in [4.69, 9.17) is 18.9 Å². The minimum absolute atomic E-state index is 0.0803. The second kappa shape index (κ2) is 12.3. The molecule has 1 amide bonds. The van der Waals surface area contributed by atoms with E-state index in [1.54, 1.807) is 33.5 Å². The third kappa shape index (κ3) is 6.73. The standard InChI is InChI=1S/C26H34N2O5/c1-20(16-21-8-6-5-7-9-21)19-28(11-10-27-12-14-33-15-13-27)26(29)22-17-23(30-2)25(32-4)24(18-22)31-3/h5-9,16-18H,10-15,19H2,1-4H3/b20-16+. The van der Waals surface area contributed by atoms with Gasteiger partial charge in [0, 0.05) is 38.3 Å². The van der Waals surface area contributed by atoms with E-state index in [1.807, 2.05) is 23.1 Å². The second-order valence-electron chi connectivity index (χ2n) is 8.00. The summed E-state index contributed by atoms with van der Waals surface area (Å²) in [7, 11) is 4.65. The van der Waals surface area contributed by atoms with E-state index in [0.717, 1.165) is 44.0 Å². The molecule has 0 aromatic heterocycles. The lowest BCUT2D eigenvalue weighted by molar-refractivity contribution is 0.0330. The van der Waals surface area contributed by atoms with Crippen molar-refractivity contribution in [1.82, 2.24) is 9.80 Å². The third-order valence-electron chi connectivity index (χ3n) is 5.64. The van der Waals surface area contributed by atoms with Crippen LogP contribution in [-0.2, 0) is 4.74 Å². The fraction of sp³-hybridized carbons (Fsp3) is 0.423. The van der Waals surface area contributed by atoms with Crippen molar-refractivity contribution in [2.24, 2.45) is 0 Å². The van der Waals surface area contributed by atoms with Gasteiger partial charge in [-0.3, -0.25) is 9.69 Å². The Morgan fingerprint density at radius 1 is 1.03 bits per heavy atom. The van der Waals surface area contributed by atoms with Gasteiger partial charge in [0.05, 0.1) is 34.5 Å². The SMILES string of the molecule is COc1cc(C(=O)N(CCN2CCOCC2)C/C(C)=C/c2ccccc2)cc(OC)c1OC. The molecule has 0 unspecified atom stereocenters. The number of methoxy groups -OCH3 is 3. The van der Waals surface area contributed by atoms with Crippen LogP contribution in [0, 0.1) is 0 Å². The number of morpholine rings is 1. The molecule has 0 spiro atoms. The highest BCUT2D eigenvalue weighted by atomic mass is 16.5. The van der Waals surface area contributed by atoms with Crippen molar-refractivity contribution in [3.8, 4) is 17.2 Å². The lowest BCUT2D eigenvalue weighted by atomic mass is 10.1. The molecule has 1 fully saturated rings. The fourth-order valence-electron chi connectivity index (χ4n) is 3.91. The molecule has 3 rings (SSSR count). The lowest BCUT2D eigenvalue weighted by Crippen LogP contribution is -2.43. The van der Waals surface area contributed by atoms with Crippen LogP contribution in [0.3, 0.4) is 0 Å². The van der Waals surface area contributed by atoms with E-state index in [-0.39, 0.29) is 5.91 Å². The van der Waals surface area contributed by atoms with Crippen molar-refractivity contribution in [2.45, 2.75) is 6.92 Å². The lowest BCUT2D eigenvalue weighted by Gasteiger charge is -2.30. The molecule has 1 saturated heterocycles. The van der Waals surface area contributed by atoms with Gasteiger partial charge in [-0.1, -0.05) is 42.0 Å². The van der Waals surface area contributed by atoms with Crippen LogP contribution in [0.4, 0.5) is 0 Å². The molecule has 1 heterocycles. The zero-order valence-electron chi connectivity index (χ0n) is 20.0. The zero-order valence-corrected chi connectivity index (χ0v) is 20.0. The van der Waals surface area contributed by atoms with E-state index >= 15 is 0 Å². The number of carbonyl (C=O) groups excluding carboxylic acids is 1. The highest BCUT2D eigenvalue weighted by Gasteiger charge is 2.22. The number of ether oxygens (including phenoxy) is 4. The molecule has 1 aliphatic heterocycles. The number of benzene rings is 2. The van der Waals surface area contributed by atoms with Crippen LogP contribution in [0.15, 0.2) is 48.0 Å². The minimum atomic E-state index is -0.0803. The quantitative estimate of drug-likeness (QED) is 0.547. The largest absolute Gasteiger partial charge is 0.493 e. The molecule has 1 aliphatic rings. The average Bonchev–Trinajstić information content (AvgIpc) is 2.86. The molecular formula is C26H34N2O5. The van der Waals surface area contributed by atoms with Gasteiger partial charge in [0.15, 0.2) is 11.5 Å². The van der Waals surface area contributed by atoms with E-state index < -0.39 is 0 Å². The maximum Gasteiger partial charge on any atom is 0.254 e. The summed E-state index contributed by atoms with van der Waals surface area (Å²) in [5.74, 6) is 1.31. The van der Waals surface area contributed by atoms with Crippen molar-refractivity contribution in [2.75, 3.05) is 67.3 Å². The summed E-state index contributed by atoms with van der Waals surface area (Å²) in [5, 5.41) is 0. The highest BCUT2D eigenvalue weighted by Crippen LogP contribution is 2.38. The third-order valence-corrected chi connectivity index (χ3v) is 5.64. The molecule has 0 N–H and O–H groups in total. The van der Waals surface area contributed by atoms with E-state index in [2.05, 4.69) is 30.0 Å². The van der Waals surface area contributed by atoms with Gasteiger partial charge in [0.25, 0.3) is 5.91 Å². The Kier molecular flexibility index (Phi) is 9.15. The van der Waals surface area contributed by atoms with Crippen LogP contribution in [0.1, 0.15) is 22.8 Å². The first-order valence-corrected chi connectivity index (χ1v) is 11.2. The molecular weight excluding hydrogens is 420 g/mol. The van der Waals surface area contributed by atoms with Crippen molar-refractivity contribution >= 4 is 12.0 Å². The molecule has 0 radical (unpaired) electrons. The molecule has 0 atom stereocenters. The van der Waals surface area contributed by atoms with Crippen LogP contribution in [0.25, 0.3) is 6.08 Å². The van der Waals surface area contributed by atoms with Crippen molar-refractivity contribution in [3.05, 3.63) is 59.2 Å². The monoisotopic (exact) mass is 454 g/mol. The zero-order chi connectivity index (χ0) is 23.6. The maximum atomic E-state index is 13.6. The Bertz CT molecular complexity index is 914. The van der Waals surface area contributed by atoms with Crippen molar-refractivity contribution in [3.63, 3.8) is 0 Å². The molecule has 0 aliphatic carbocycles. The second-order valence-corrected chi connectivity index (χ2v) is 8.00. The summed E-state index contributed by atoms with van der Waals surface area (Å²) in [6.07, 6.45) is 2.12. The maximum absolute atomic E-state index is 13.6. The summed E-state index contributed by atoms with van der Waals surface area (Å²) < 4.78 is 21.8. The summed E-state index contributed by atoms with van der Waals surface area (Å²) in [4.78, 5) is 17.9. The Balaban J connectivity index is 1.85. The summed E-state index contributed by atoms with van der Waals surface area (Å²) >= 11 is 0. The Morgan fingerprint density at radius 3 is 2.24 bits per heavy atom. The van der Waals surface area contributed by atoms with Crippen LogP contribution in [-0.4, -0.2) is 83.0 Å². The minimum Gasteiger partial charge on any atom is -0.493 e. The Morgan fingerprint density at radius 2 is 1.67 bits per heavy atom. The van der Waals surface area contributed by atoms with Crippen LogP contribution >= 0.6 is 0 Å². The van der Waals surface area contributed by atoms with Gasteiger partial charge >= 0.3 is 0 Å². The van der Waals surface area contributed by atoms with E-state index in [1.165, 1.54) is 0 Å². The van der Waals surface area contributed by atoms with E-state index in [0.29, 0.717) is 35.9 Å². The number of carbonyl (C=O) groups is 1. The number of rotatable bonds is 10. The molecule has 7 nitrogen and oxygen atoms in total. The van der Waals surface area contributed by atoms with Gasteiger partial charge in [-0.05, 0) is 24.6 Å². The van der Waals surface area contributed by atoms with Gasteiger partial charge in [-0.2, -0.15) is 0 Å². The predicted octanol–water partition coefficient (Wildman–Crippen LogP) is 3.59. The molecule has 178 valence electrons. The molecule has 7 heteroatoms. The van der Waals surface area contributed by atoms with Crippen molar-refractivity contribution < 1.29 is 23.7 Å². The van der Waals surface area contributed by atoms with Crippen LogP contribution < -0.4 is 14.2 Å². The Labute approximate surface area is 196 Å². The molecule has 0 saturated carbocycles. The van der Waals surface area contributed by atoms with Crippen molar-refractivity contribution in [1.29, 1.82) is 0 Å². The fourth-order valence-corrected chi connectivity index (χ4v) is 3.91. The Hall–Kier alpha value is -3.03. The van der Waals surface area contributed by atoms with Gasteiger partial charge in [0.2, 0.25) is 5.75 Å². The number of hydrogen-bond donors (Lipinski definition) is 0. The topological polar surface area (TPSA) is 60.5 Å². The smallest absolute Gasteiger partial charge is 0.254 e. The van der Waals surface area contributed by atoms with Crippen LogP contribution in [0.2, 0.25) is 0 Å². The van der Waals surface area contributed by atoms with Gasteiger partial charge < -0.3 is 23.8 Å². The normalized spacial score (nSPS) is 14.6. The number of amides is 1. The molecule has 33 heavy (non-hydrogen) atoms. The van der Waals surface area contributed by atoms with Gasteiger partial charge in [0.1, 0.15) is 0 Å². The summed E-state index contributed by atoms with van der Waals surface area (Å²) in [6.45, 7) is 7.19. The number of nitrogens with zero attached hydrogens (tertiary/aromatic N) is 2. The highest BCUT2D eigenvalue weighted by molar-refractivity contribution is 5.96. The van der Waals surface area contributed by atoms with E-state index in [9.17, 15) is 4.79 Å². The first kappa shape index (κ1) is 24.6. The molecule has 2 aromatic rings. The summed E-state index contributed by atoms with van der Waals surface area (Å²) in [5.41, 5.74) is 2.71. The van der Waals surface area contributed by atoms with Gasteiger partial charge in [-0.25, -0.2) is 0 Å². The summed E-state index contributed by atoms with van der Waals surface area (Å²) in [6, 6.07) is 13.6. The average molecular weight is 455 g/mol. The molecule has 0 bridgehead atoms. The first-order chi connectivity index (χ1) is 16.0. The van der Waals surface area contributed by atoms with Crippen LogP contribution in [0.5, 0.6) is 17.2 Å².